The Balaban J connectivity index is 1.30. The Labute approximate surface area is 238 Å². The van der Waals surface area contributed by atoms with Crippen molar-refractivity contribution < 1.29 is 13.2 Å². The second kappa shape index (κ2) is 12.3. The molecule has 1 atom stereocenters. The van der Waals surface area contributed by atoms with Gasteiger partial charge < -0.3 is 14.8 Å². The molecule has 1 aromatic carbocycles. The van der Waals surface area contributed by atoms with Crippen molar-refractivity contribution in [1.82, 2.24) is 19.9 Å². The lowest BCUT2D eigenvalue weighted by Crippen LogP contribution is -2.39. The SMILES string of the molecule is CCNC(=O)C1CCC(C(CC)Cc2nccc(-n3ccc4c(N5CCC(S(C)(=O)=O)CC5)cccc43)n2)CC1. The van der Waals surface area contributed by atoms with Crippen LogP contribution in [-0.4, -0.2) is 60.0 Å². The Morgan fingerprint density at radius 3 is 2.48 bits per heavy atom. The maximum atomic E-state index is 12.3. The molecule has 8 nitrogen and oxygen atoms in total. The number of anilines is 1. The van der Waals surface area contributed by atoms with Gasteiger partial charge in [-0.1, -0.05) is 19.4 Å². The van der Waals surface area contributed by atoms with Crippen LogP contribution in [0.5, 0.6) is 0 Å². The summed E-state index contributed by atoms with van der Waals surface area (Å²) in [7, 11) is -3.00. The van der Waals surface area contributed by atoms with Crippen LogP contribution in [0.3, 0.4) is 0 Å². The Bertz CT molecular complexity index is 1420. The molecule has 3 aromatic rings. The third-order valence-corrected chi connectivity index (χ3v) is 10.8. The number of carbonyl (C=O) groups excluding carboxylic acids is 1. The fourth-order valence-corrected chi connectivity index (χ4v) is 7.89. The monoisotopic (exact) mass is 565 g/mol. The highest BCUT2D eigenvalue weighted by Crippen LogP contribution is 2.36. The van der Waals surface area contributed by atoms with Crippen LogP contribution in [0.25, 0.3) is 16.7 Å². The van der Waals surface area contributed by atoms with Crippen LogP contribution < -0.4 is 10.2 Å². The zero-order valence-corrected chi connectivity index (χ0v) is 24.9. The summed E-state index contributed by atoms with van der Waals surface area (Å²) in [6.07, 6.45) is 12.7. The molecule has 9 heteroatoms. The van der Waals surface area contributed by atoms with E-state index in [0.717, 1.165) is 79.8 Å². The van der Waals surface area contributed by atoms with E-state index in [1.807, 2.05) is 19.2 Å². The second-order valence-electron chi connectivity index (χ2n) is 11.6. The van der Waals surface area contributed by atoms with Gasteiger partial charge >= 0.3 is 0 Å². The first kappa shape index (κ1) is 28.6. The number of sulfone groups is 1. The molecule has 1 aliphatic heterocycles. The first-order valence-corrected chi connectivity index (χ1v) is 16.9. The fraction of sp³-hybridized carbons (Fsp3) is 0.581. The summed E-state index contributed by atoms with van der Waals surface area (Å²) >= 11 is 0. The lowest BCUT2D eigenvalue weighted by Gasteiger charge is -2.33. The quantitative estimate of drug-likeness (QED) is 0.395. The molecule has 1 unspecified atom stereocenters. The third kappa shape index (κ3) is 6.19. The molecule has 1 aliphatic carbocycles. The van der Waals surface area contributed by atoms with E-state index in [4.69, 9.17) is 4.98 Å². The smallest absolute Gasteiger partial charge is 0.223 e. The minimum Gasteiger partial charge on any atom is -0.371 e. The van der Waals surface area contributed by atoms with E-state index in [-0.39, 0.29) is 17.1 Å². The average Bonchev–Trinajstić information content (AvgIpc) is 3.40. The molecule has 0 bridgehead atoms. The van der Waals surface area contributed by atoms with E-state index in [9.17, 15) is 13.2 Å². The van der Waals surface area contributed by atoms with Crippen LogP contribution in [0.15, 0.2) is 42.7 Å². The summed E-state index contributed by atoms with van der Waals surface area (Å²) in [6.45, 7) is 6.41. The number of aromatic nitrogens is 3. The van der Waals surface area contributed by atoms with Crippen molar-refractivity contribution in [1.29, 1.82) is 0 Å². The maximum absolute atomic E-state index is 12.3. The molecule has 1 saturated heterocycles. The van der Waals surface area contributed by atoms with Gasteiger partial charge in [0.2, 0.25) is 5.91 Å². The molecule has 2 fully saturated rings. The molecule has 2 aliphatic rings. The lowest BCUT2D eigenvalue weighted by molar-refractivity contribution is -0.126. The number of nitrogens with one attached hydrogen (secondary N) is 1. The van der Waals surface area contributed by atoms with Crippen molar-refractivity contribution in [3.8, 4) is 5.82 Å². The zero-order chi connectivity index (χ0) is 28.3. The van der Waals surface area contributed by atoms with Crippen molar-refractivity contribution >= 4 is 32.3 Å². The molecule has 5 rings (SSSR count). The van der Waals surface area contributed by atoms with Gasteiger partial charge in [-0.2, -0.15) is 0 Å². The van der Waals surface area contributed by atoms with Gasteiger partial charge in [0.05, 0.1) is 10.8 Å². The van der Waals surface area contributed by atoms with E-state index in [1.54, 1.807) is 0 Å². The minimum absolute atomic E-state index is 0.159. The number of piperidine rings is 1. The van der Waals surface area contributed by atoms with Gasteiger partial charge in [-0.3, -0.25) is 4.79 Å². The highest BCUT2D eigenvalue weighted by Gasteiger charge is 2.31. The van der Waals surface area contributed by atoms with Gasteiger partial charge in [0.25, 0.3) is 0 Å². The topological polar surface area (TPSA) is 97.2 Å². The number of fused-ring (bicyclic) bond motifs is 1. The molecule has 216 valence electrons. The Hall–Kier alpha value is -2.94. The normalized spacial score (nSPS) is 21.4. The standard InChI is InChI=1S/C31H43N5O3S/c1-4-22(23-9-11-24(12-10-23)31(37)32-5-2)21-29-33-17-13-30(34-29)36-20-16-26-27(7-6-8-28(26)36)35-18-14-25(15-19-35)40(3,38)39/h6-8,13,16-17,20,22-25H,4-5,9-12,14-15,18-19,21H2,1-3H3,(H,32,37). The first-order valence-electron chi connectivity index (χ1n) is 14.9. The Kier molecular flexibility index (Phi) is 8.78. The largest absolute Gasteiger partial charge is 0.371 e. The summed E-state index contributed by atoms with van der Waals surface area (Å²) < 4.78 is 26.2. The highest BCUT2D eigenvalue weighted by atomic mass is 32.2. The number of amides is 1. The van der Waals surface area contributed by atoms with Crippen LogP contribution in [-0.2, 0) is 21.1 Å². The summed E-state index contributed by atoms with van der Waals surface area (Å²) in [6, 6.07) is 10.4. The number of rotatable bonds is 9. The molecule has 1 N–H and O–H groups in total. The van der Waals surface area contributed by atoms with Gasteiger partial charge in [-0.05, 0) is 81.5 Å². The van der Waals surface area contributed by atoms with Crippen molar-refractivity contribution in [2.45, 2.75) is 70.5 Å². The molecule has 3 heterocycles. The minimum atomic E-state index is -3.00. The van der Waals surface area contributed by atoms with Crippen molar-refractivity contribution in [2.75, 3.05) is 30.8 Å². The highest BCUT2D eigenvalue weighted by molar-refractivity contribution is 7.91. The molecule has 2 aromatic heterocycles. The van der Waals surface area contributed by atoms with Crippen LogP contribution in [0.1, 0.15) is 64.6 Å². The fourth-order valence-electron chi connectivity index (χ4n) is 6.82. The number of carbonyl (C=O) groups is 1. The van der Waals surface area contributed by atoms with E-state index in [1.165, 1.54) is 6.26 Å². The molecular formula is C31H43N5O3S. The van der Waals surface area contributed by atoms with Crippen LogP contribution >= 0.6 is 0 Å². The average molecular weight is 566 g/mol. The van der Waals surface area contributed by atoms with Crippen LogP contribution in [0.2, 0.25) is 0 Å². The van der Waals surface area contributed by atoms with E-state index >= 15 is 0 Å². The molecule has 1 saturated carbocycles. The predicted molar refractivity (Wildman–Crippen MR) is 161 cm³/mol. The van der Waals surface area contributed by atoms with Crippen LogP contribution in [0.4, 0.5) is 5.69 Å². The predicted octanol–water partition coefficient (Wildman–Crippen LogP) is 4.95. The van der Waals surface area contributed by atoms with Crippen LogP contribution in [0, 0.1) is 17.8 Å². The van der Waals surface area contributed by atoms with Crippen molar-refractivity contribution in [3.63, 3.8) is 0 Å². The van der Waals surface area contributed by atoms with Gasteiger partial charge in [-0.15, -0.1) is 0 Å². The second-order valence-corrected chi connectivity index (χ2v) is 13.9. The molecule has 1 amide bonds. The van der Waals surface area contributed by atoms with Gasteiger partial charge in [0.1, 0.15) is 21.5 Å². The summed E-state index contributed by atoms with van der Waals surface area (Å²) in [5.41, 5.74) is 2.23. The summed E-state index contributed by atoms with van der Waals surface area (Å²) in [5.74, 6) is 3.22. The van der Waals surface area contributed by atoms with Gasteiger partial charge in [-0.25, -0.2) is 18.4 Å². The maximum Gasteiger partial charge on any atom is 0.223 e. The lowest BCUT2D eigenvalue weighted by atomic mass is 9.73. The first-order chi connectivity index (χ1) is 19.3. The number of hydrogen-bond donors (Lipinski definition) is 1. The van der Waals surface area contributed by atoms with Gasteiger partial charge in [0.15, 0.2) is 0 Å². The van der Waals surface area contributed by atoms with E-state index in [2.05, 4.69) is 57.2 Å². The van der Waals surface area contributed by atoms with Crippen molar-refractivity contribution in [3.05, 3.63) is 48.5 Å². The Morgan fingerprint density at radius 1 is 1.05 bits per heavy atom. The Morgan fingerprint density at radius 2 is 1.80 bits per heavy atom. The van der Waals surface area contributed by atoms with Gasteiger partial charge in [0, 0.05) is 61.7 Å². The number of benzene rings is 1. The third-order valence-electron chi connectivity index (χ3n) is 9.17. The van der Waals surface area contributed by atoms with E-state index < -0.39 is 9.84 Å². The molecular weight excluding hydrogens is 522 g/mol. The molecule has 0 radical (unpaired) electrons. The summed E-state index contributed by atoms with van der Waals surface area (Å²) in [5, 5.41) is 3.90. The summed E-state index contributed by atoms with van der Waals surface area (Å²) in [4.78, 5) is 24.2. The molecule has 40 heavy (non-hydrogen) atoms. The molecule has 0 spiro atoms. The number of hydrogen-bond acceptors (Lipinski definition) is 6. The van der Waals surface area contributed by atoms with Crippen molar-refractivity contribution in [2.24, 2.45) is 17.8 Å². The zero-order valence-electron chi connectivity index (χ0n) is 24.1. The number of nitrogens with zero attached hydrogens (tertiary/aromatic N) is 4. The van der Waals surface area contributed by atoms with E-state index in [0.29, 0.717) is 31.2 Å².